The third-order valence-corrected chi connectivity index (χ3v) is 3.51. The van der Waals surface area contributed by atoms with E-state index in [0.29, 0.717) is 6.61 Å². The van der Waals surface area contributed by atoms with Crippen LogP contribution in [0.2, 0.25) is 0 Å². The van der Waals surface area contributed by atoms with Gasteiger partial charge in [-0.25, -0.2) is 0 Å². The molecule has 0 bridgehead atoms. The van der Waals surface area contributed by atoms with E-state index in [1.165, 1.54) is 0 Å². The SMILES string of the molecule is CC(N)c1ccccc1OCc1cccc2cccnc12. The molecule has 0 aliphatic rings. The van der Waals surface area contributed by atoms with E-state index in [1.807, 2.05) is 55.6 Å². The van der Waals surface area contributed by atoms with Gasteiger partial charge < -0.3 is 10.5 Å². The fourth-order valence-corrected chi connectivity index (χ4v) is 2.43. The van der Waals surface area contributed by atoms with E-state index in [4.69, 9.17) is 10.5 Å². The highest BCUT2D eigenvalue weighted by molar-refractivity contribution is 5.81. The van der Waals surface area contributed by atoms with Crippen LogP contribution in [-0.4, -0.2) is 4.98 Å². The molecule has 3 heteroatoms. The number of hydrogen-bond donors (Lipinski definition) is 1. The highest BCUT2D eigenvalue weighted by atomic mass is 16.5. The summed E-state index contributed by atoms with van der Waals surface area (Å²) in [5, 5.41) is 1.12. The van der Waals surface area contributed by atoms with Crippen LogP contribution < -0.4 is 10.5 Å². The van der Waals surface area contributed by atoms with Gasteiger partial charge >= 0.3 is 0 Å². The maximum Gasteiger partial charge on any atom is 0.124 e. The summed E-state index contributed by atoms with van der Waals surface area (Å²) in [5.41, 5.74) is 9.06. The molecule has 106 valence electrons. The van der Waals surface area contributed by atoms with E-state index in [1.54, 1.807) is 0 Å². The largest absolute Gasteiger partial charge is 0.488 e. The van der Waals surface area contributed by atoms with Gasteiger partial charge in [0.1, 0.15) is 12.4 Å². The van der Waals surface area contributed by atoms with Crippen LogP contribution in [0.15, 0.2) is 60.8 Å². The van der Waals surface area contributed by atoms with Gasteiger partial charge in [0.2, 0.25) is 0 Å². The minimum Gasteiger partial charge on any atom is -0.488 e. The van der Waals surface area contributed by atoms with E-state index in [0.717, 1.165) is 27.8 Å². The van der Waals surface area contributed by atoms with Gasteiger partial charge in [0, 0.05) is 28.8 Å². The molecule has 21 heavy (non-hydrogen) atoms. The number of fused-ring (bicyclic) bond motifs is 1. The predicted molar refractivity (Wildman–Crippen MR) is 85.1 cm³/mol. The third kappa shape index (κ3) is 2.88. The van der Waals surface area contributed by atoms with Crippen LogP contribution in [-0.2, 0) is 6.61 Å². The summed E-state index contributed by atoms with van der Waals surface area (Å²) >= 11 is 0. The molecule has 1 heterocycles. The van der Waals surface area contributed by atoms with Gasteiger partial charge in [-0.1, -0.05) is 42.5 Å². The van der Waals surface area contributed by atoms with Crippen LogP contribution >= 0.6 is 0 Å². The quantitative estimate of drug-likeness (QED) is 0.789. The Morgan fingerprint density at radius 2 is 1.86 bits per heavy atom. The highest BCUT2D eigenvalue weighted by Crippen LogP contribution is 2.25. The molecule has 3 rings (SSSR count). The Morgan fingerprint density at radius 3 is 2.71 bits per heavy atom. The van der Waals surface area contributed by atoms with Crippen molar-refractivity contribution < 1.29 is 4.74 Å². The topological polar surface area (TPSA) is 48.1 Å². The average Bonchev–Trinajstić information content (AvgIpc) is 2.53. The predicted octanol–water partition coefficient (Wildman–Crippen LogP) is 3.83. The zero-order valence-electron chi connectivity index (χ0n) is 12.0. The first kappa shape index (κ1) is 13.6. The Labute approximate surface area is 124 Å². The molecule has 0 spiro atoms. The van der Waals surface area contributed by atoms with Crippen molar-refractivity contribution in [3.63, 3.8) is 0 Å². The Kier molecular flexibility index (Phi) is 3.84. The Hall–Kier alpha value is -2.39. The van der Waals surface area contributed by atoms with Crippen molar-refractivity contribution in [1.29, 1.82) is 0 Å². The summed E-state index contributed by atoms with van der Waals surface area (Å²) < 4.78 is 5.97. The fourth-order valence-electron chi connectivity index (χ4n) is 2.43. The lowest BCUT2D eigenvalue weighted by Crippen LogP contribution is -2.08. The summed E-state index contributed by atoms with van der Waals surface area (Å²) in [6.45, 7) is 2.44. The summed E-state index contributed by atoms with van der Waals surface area (Å²) in [5.74, 6) is 0.834. The fraction of sp³-hybridized carbons (Fsp3) is 0.167. The number of rotatable bonds is 4. The molecule has 0 fully saturated rings. The summed E-state index contributed by atoms with van der Waals surface area (Å²) in [6, 6.07) is 18.0. The van der Waals surface area contributed by atoms with Crippen molar-refractivity contribution in [2.45, 2.75) is 19.6 Å². The molecule has 3 nitrogen and oxygen atoms in total. The van der Waals surface area contributed by atoms with Gasteiger partial charge in [-0.15, -0.1) is 0 Å². The van der Waals surface area contributed by atoms with E-state index in [2.05, 4.69) is 17.1 Å². The van der Waals surface area contributed by atoms with Gasteiger partial charge in [0.25, 0.3) is 0 Å². The molecule has 0 saturated heterocycles. The summed E-state index contributed by atoms with van der Waals surface area (Å²) in [6.07, 6.45) is 1.81. The van der Waals surface area contributed by atoms with Gasteiger partial charge in [-0.05, 0) is 19.1 Å². The first-order valence-electron chi connectivity index (χ1n) is 7.05. The van der Waals surface area contributed by atoms with Crippen LogP contribution in [0.25, 0.3) is 10.9 Å². The lowest BCUT2D eigenvalue weighted by atomic mass is 10.1. The minimum atomic E-state index is -0.0492. The van der Waals surface area contributed by atoms with Crippen LogP contribution in [0.5, 0.6) is 5.75 Å². The van der Waals surface area contributed by atoms with Crippen molar-refractivity contribution >= 4 is 10.9 Å². The lowest BCUT2D eigenvalue weighted by molar-refractivity contribution is 0.302. The molecule has 0 aliphatic carbocycles. The highest BCUT2D eigenvalue weighted by Gasteiger charge is 2.08. The number of nitrogens with two attached hydrogens (primary N) is 1. The van der Waals surface area contributed by atoms with Crippen LogP contribution in [0.4, 0.5) is 0 Å². The standard InChI is InChI=1S/C18H18N2O/c1-13(19)16-9-2-3-10-17(16)21-12-15-7-4-6-14-8-5-11-20-18(14)15/h2-11,13H,12,19H2,1H3. The Bertz CT molecular complexity index is 748. The number of nitrogens with zero attached hydrogens (tertiary/aromatic N) is 1. The Balaban J connectivity index is 1.87. The third-order valence-electron chi connectivity index (χ3n) is 3.51. The second kappa shape index (κ2) is 5.94. The number of aromatic nitrogens is 1. The first-order valence-corrected chi connectivity index (χ1v) is 7.05. The molecule has 2 aromatic carbocycles. The molecule has 1 atom stereocenters. The average molecular weight is 278 g/mol. The summed E-state index contributed by atoms with van der Waals surface area (Å²) in [4.78, 5) is 4.45. The lowest BCUT2D eigenvalue weighted by Gasteiger charge is -2.14. The van der Waals surface area contributed by atoms with Gasteiger partial charge in [0.15, 0.2) is 0 Å². The Morgan fingerprint density at radius 1 is 1.05 bits per heavy atom. The maximum absolute atomic E-state index is 5.98. The second-order valence-electron chi connectivity index (χ2n) is 5.11. The molecule has 0 saturated carbocycles. The molecular weight excluding hydrogens is 260 g/mol. The van der Waals surface area contributed by atoms with Crippen molar-refractivity contribution in [3.05, 3.63) is 71.9 Å². The van der Waals surface area contributed by atoms with Gasteiger partial charge in [-0.2, -0.15) is 0 Å². The zero-order valence-corrected chi connectivity index (χ0v) is 12.0. The molecule has 1 unspecified atom stereocenters. The monoisotopic (exact) mass is 278 g/mol. The van der Waals surface area contributed by atoms with Crippen LogP contribution in [0.3, 0.4) is 0 Å². The van der Waals surface area contributed by atoms with Crippen LogP contribution in [0, 0.1) is 0 Å². The second-order valence-corrected chi connectivity index (χ2v) is 5.11. The molecule has 2 N–H and O–H groups in total. The maximum atomic E-state index is 5.98. The number of hydrogen-bond acceptors (Lipinski definition) is 3. The van der Waals surface area contributed by atoms with E-state index < -0.39 is 0 Å². The van der Waals surface area contributed by atoms with Crippen molar-refractivity contribution in [1.82, 2.24) is 4.98 Å². The van der Waals surface area contributed by atoms with E-state index >= 15 is 0 Å². The number of pyridine rings is 1. The van der Waals surface area contributed by atoms with E-state index in [-0.39, 0.29) is 6.04 Å². The molecule has 0 radical (unpaired) electrons. The van der Waals surface area contributed by atoms with Crippen molar-refractivity contribution in [3.8, 4) is 5.75 Å². The van der Waals surface area contributed by atoms with Crippen molar-refractivity contribution in [2.24, 2.45) is 5.73 Å². The smallest absolute Gasteiger partial charge is 0.124 e. The normalized spacial score (nSPS) is 12.3. The molecule has 3 aromatic rings. The van der Waals surface area contributed by atoms with E-state index in [9.17, 15) is 0 Å². The van der Waals surface area contributed by atoms with Crippen molar-refractivity contribution in [2.75, 3.05) is 0 Å². The van der Waals surface area contributed by atoms with Crippen LogP contribution in [0.1, 0.15) is 24.1 Å². The number of benzene rings is 2. The molecule has 0 aliphatic heterocycles. The number of ether oxygens (including phenoxy) is 1. The zero-order chi connectivity index (χ0) is 14.7. The first-order chi connectivity index (χ1) is 10.3. The van der Waals surface area contributed by atoms with Gasteiger partial charge in [-0.3, -0.25) is 4.98 Å². The molecule has 1 aromatic heterocycles. The molecular formula is C18H18N2O. The minimum absolute atomic E-state index is 0.0492. The molecule has 0 amide bonds. The van der Waals surface area contributed by atoms with Gasteiger partial charge in [0.05, 0.1) is 5.52 Å². The number of para-hydroxylation sites is 2. The summed E-state index contributed by atoms with van der Waals surface area (Å²) in [7, 11) is 0.